The van der Waals surface area contributed by atoms with Crippen LogP contribution in [0, 0.1) is 6.92 Å². The molecule has 2 N–H and O–H groups in total. The van der Waals surface area contributed by atoms with E-state index >= 15 is 0 Å². The summed E-state index contributed by atoms with van der Waals surface area (Å²) in [6.07, 6.45) is 0. The molecule has 0 atom stereocenters. The molecule has 1 amide bonds. The minimum absolute atomic E-state index is 0.0446. The van der Waals surface area contributed by atoms with Gasteiger partial charge in [-0.05, 0) is 43.7 Å². The number of sulfonamides is 1. The van der Waals surface area contributed by atoms with Crippen molar-refractivity contribution in [3.05, 3.63) is 76.7 Å². The van der Waals surface area contributed by atoms with E-state index in [1.54, 1.807) is 56.3 Å². The van der Waals surface area contributed by atoms with E-state index in [0.717, 1.165) is 11.3 Å². The summed E-state index contributed by atoms with van der Waals surface area (Å²) in [6.45, 7) is 3.42. The second-order valence-corrected chi connectivity index (χ2v) is 8.92. The van der Waals surface area contributed by atoms with Gasteiger partial charge >= 0.3 is 5.97 Å². The van der Waals surface area contributed by atoms with Gasteiger partial charge in [-0.1, -0.05) is 36.4 Å². The van der Waals surface area contributed by atoms with E-state index in [9.17, 15) is 18.0 Å². The fourth-order valence-corrected chi connectivity index (χ4v) is 5.17. The number of hydrogen-bond acceptors (Lipinski definition) is 6. The first-order valence-corrected chi connectivity index (χ1v) is 11.4. The normalized spacial score (nSPS) is 11.0. The van der Waals surface area contributed by atoms with E-state index in [1.165, 1.54) is 12.1 Å². The van der Waals surface area contributed by atoms with Gasteiger partial charge in [0.1, 0.15) is 9.88 Å². The molecule has 156 valence electrons. The number of amides is 1. The van der Waals surface area contributed by atoms with Gasteiger partial charge in [-0.2, -0.15) is 0 Å². The van der Waals surface area contributed by atoms with Crippen LogP contribution >= 0.6 is 11.3 Å². The summed E-state index contributed by atoms with van der Waals surface area (Å²) < 4.78 is 33.1. The fourth-order valence-electron chi connectivity index (χ4n) is 2.75. The lowest BCUT2D eigenvalue weighted by Crippen LogP contribution is -2.18. The van der Waals surface area contributed by atoms with Crippen LogP contribution in [0.4, 0.5) is 10.7 Å². The van der Waals surface area contributed by atoms with Crippen molar-refractivity contribution in [1.82, 2.24) is 0 Å². The Morgan fingerprint density at radius 2 is 1.60 bits per heavy atom. The van der Waals surface area contributed by atoms with Crippen molar-refractivity contribution in [3.63, 3.8) is 0 Å². The van der Waals surface area contributed by atoms with Gasteiger partial charge in [0.15, 0.2) is 0 Å². The molecule has 7 nitrogen and oxygen atoms in total. The van der Waals surface area contributed by atoms with Crippen LogP contribution in [0.3, 0.4) is 0 Å². The molecule has 1 heterocycles. The molecule has 0 fully saturated rings. The SMILES string of the molecule is CCOC(=O)c1sc(NS(=O)(=O)c2ccccc2)c(C(=O)Nc2ccccc2)c1C. The van der Waals surface area contributed by atoms with E-state index in [-0.39, 0.29) is 26.9 Å². The maximum Gasteiger partial charge on any atom is 0.348 e. The van der Waals surface area contributed by atoms with Crippen molar-refractivity contribution >= 4 is 43.9 Å². The average Bonchev–Trinajstić information content (AvgIpc) is 3.05. The summed E-state index contributed by atoms with van der Waals surface area (Å²) in [5.74, 6) is -1.14. The van der Waals surface area contributed by atoms with E-state index < -0.39 is 21.9 Å². The lowest BCUT2D eigenvalue weighted by Gasteiger charge is -2.10. The number of ether oxygens (including phenoxy) is 1. The number of carbonyl (C=O) groups is 2. The third-order valence-electron chi connectivity index (χ3n) is 4.15. The van der Waals surface area contributed by atoms with Crippen molar-refractivity contribution < 1.29 is 22.7 Å². The van der Waals surface area contributed by atoms with Crippen LogP contribution in [-0.4, -0.2) is 26.9 Å². The van der Waals surface area contributed by atoms with Gasteiger partial charge in [-0.15, -0.1) is 11.3 Å². The lowest BCUT2D eigenvalue weighted by atomic mass is 10.1. The Morgan fingerprint density at radius 3 is 2.20 bits per heavy atom. The van der Waals surface area contributed by atoms with Crippen LogP contribution in [0.25, 0.3) is 0 Å². The summed E-state index contributed by atoms with van der Waals surface area (Å²) in [5, 5.41) is 2.78. The summed E-state index contributed by atoms with van der Waals surface area (Å²) in [5.41, 5.74) is 0.965. The molecule has 2 aromatic carbocycles. The number of rotatable bonds is 7. The summed E-state index contributed by atoms with van der Waals surface area (Å²) in [6, 6.07) is 16.5. The molecule has 0 saturated heterocycles. The monoisotopic (exact) mass is 444 g/mol. The van der Waals surface area contributed by atoms with Crippen LogP contribution in [0.2, 0.25) is 0 Å². The average molecular weight is 445 g/mol. The van der Waals surface area contributed by atoms with Crippen molar-refractivity contribution in [3.8, 4) is 0 Å². The molecule has 0 unspecified atom stereocenters. The van der Waals surface area contributed by atoms with E-state index in [0.29, 0.717) is 11.3 Å². The van der Waals surface area contributed by atoms with Gasteiger partial charge in [-0.25, -0.2) is 13.2 Å². The third kappa shape index (κ3) is 4.69. The quantitative estimate of drug-likeness (QED) is 0.530. The van der Waals surface area contributed by atoms with Crippen molar-refractivity contribution in [1.29, 1.82) is 0 Å². The molecule has 0 radical (unpaired) electrons. The number of esters is 1. The first-order chi connectivity index (χ1) is 14.3. The standard InChI is InChI=1S/C21H20N2O5S2/c1-3-28-21(25)18-14(2)17(19(24)22-15-10-6-4-7-11-15)20(29-18)23-30(26,27)16-12-8-5-9-13-16/h4-13,23H,3H2,1-2H3,(H,22,24). The molecular formula is C21H20N2O5S2. The first kappa shape index (κ1) is 21.5. The molecule has 3 aromatic rings. The minimum Gasteiger partial charge on any atom is -0.462 e. The summed E-state index contributed by atoms with van der Waals surface area (Å²) in [4.78, 5) is 25.5. The Balaban J connectivity index is 2.03. The molecule has 0 aliphatic heterocycles. The zero-order valence-corrected chi connectivity index (χ0v) is 18.0. The topological polar surface area (TPSA) is 102 Å². The molecule has 0 bridgehead atoms. The highest BCUT2D eigenvalue weighted by atomic mass is 32.2. The third-order valence-corrected chi connectivity index (χ3v) is 6.83. The number of hydrogen-bond donors (Lipinski definition) is 2. The summed E-state index contributed by atoms with van der Waals surface area (Å²) >= 11 is 0.869. The van der Waals surface area contributed by atoms with Gasteiger partial charge < -0.3 is 10.1 Å². The number of thiophene rings is 1. The molecule has 1 aromatic heterocycles. The molecule has 0 spiro atoms. The maximum atomic E-state index is 13.0. The molecule has 9 heteroatoms. The predicted molar refractivity (Wildman–Crippen MR) is 117 cm³/mol. The Labute approximate surface area is 178 Å². The Bertz CT molecular complexity index is 1160. The van der Waals surface area contributed by atoms with Crippen LogP contribution in [0.5, 0.6) is 0 Å². The Hall–Kier alpha value is -3.17. The Kier molecular flexibility index (Phi) is 6.53. The first-order valence-electron chi connectivity index (χ1n) is 9.08. The second kappa shape index (κ2) is 9.10. The van der Waals surface area contributed by atoms with Crippen LogP contribution < -0.4 is 10.0 Å². The number of carbonyl (C=O) groups excluding carboxylic acids is 2. The highest BCUT2D eigenvalue weighted by molar-refractivity contribution is 7.93. The molecular weight excluding hydrogens is 424 g/mol. The van der Waals surface area contributed by atoms with E-state index in [2.05, 4.69) is 10.0 Å². The largest absolute Gasteiger partial charge is 0.462 e. The van der Waals surface area contributed by atoms with Crippen LogP contribution in [0.1, 0.15) is 32.5 Å². The lowest BCUT2D eigenvalue weighted by molar-refractivity contribution is 0.0531. The van der Waals surface area contributed by atoms with Gasteiger partial charge in [0, 0.05) is 5.69 Å². The predicted octanol–water partition coefficient (Wildman–Crippen LogP) is 4.29. The van der Waals surface area contributed by atoms with E-state index in [4.69, 9.17) is 4.74 Å². The van der Waals surface area contributed by atoms with Gasteiger partial charge in [-0.3, -0.25) is 9.52 Å². The fraction of sp³-hybridized carbons (Fsp3) is 0.143. The van der Waals surface area contributed by atoms with Crippen molar-refractivity contribution in [2.24, 2.45) is 0 Å². The van der Waals surface area contributed by atoms with Crippen molar-refractivity contribution in [2.45, 2.75) is 18.7 Å². The Morgan fingerprint density at radius 1 is 1.00 bits per heavy atom. The maximum absolute atomic E-state index is 13.0. The molecule has 0 aliphatic rings. The molecule has 0 aliphatic carbocycles. The van der Waals surface area contributed by atoms with E-state index in [1.807, 2.05) is 6.07 Å². The van der Waals surface area contributed by atoms with Crippen molar-refractivity contribution in [2.75, 3.05) is 16.6 Å². The highest BCUT2D eigenvalue weighted by Gasteiger charge is 2.28. The summed E-state index contributed by atoms with van der Waals surface area (Å²) in [7, 11) is -3.96. The smallest absolute Gasteiger partial charge is 0.348 e. The zero-order valence-electron chi connectivity index (χ0n) is 16.3. The second-order valence-electron chi connectivity index (χ2n) is 6.22. The van der Waals surface area contributed by atoms with Crippen LogP contribution in [0.15, 0.2) is 65.6 Å². The number of para-hydroxylation sites is 1. The molecule has 0 saturated carbocycles. The van der Waals surface area contributed by atoms with Gasteiger partial charge in [0.2, 0.25) is 0 Å². The van der Waals surface area contributed by atoms with Gasteiger partial charge in [0.05, 0.1) is 17.1 Å². The van der Waals surface area contributed by atoms with Crippen LogP contribution in [-0.2, 0) is 14.8 Å². The molecule has 30 heavy (non-hydrogen) atoms. The number of anilines is 2. The van der Waals surface area contributed by atoms with Gasteiger partial charge in [0.25, 0.3) is 15.9 Å². The zero-order chi connectivity index (χ0) is 21.7. The minimum atomic E-state index is -3.96. The highest BCUT2D eigenvalue weighted by Crippen LogP contribution is 2.35. The molecule has 3 rings (SSSR count). The number of nitrogens with one attached hydrogen (secondary N) is 2. The number of benzene rings is 2.